The highest BCUT2D eigenvalue weighted by Gasteiger charge is 2.70. The molecule has 85 heavy (non-hydrogen) atoms. The van der Waals surface area contributed by atoms with Crippen molar-refractivity contribution < 1.29 is 129 Å². The van der Waals surface area contributed by atoms with E-state index in [0.717, 1.165) is 32.1 Å². The van der Waals surface area contributed by atoms with E-state index >= 15 is 0 Å². The maximum Gasteiger partial charge on any atom is 0.335 e. The molecule has 10 aliphatic rings. The normalized spacial score (nSPS) is 56.2. The lowest BCUT2D eigenvalue weighted by Gasteiger charge is -2.72. The van der Waals surface area contributed by atoms with E-state index in [2.05, 4.69) is 47.6 Å². The molecule has 0 radical (unpaired) electrons. The summed E-state index contributed by atoms with van der Waals surface area (Å²) in [5.74, 6) is -1.68. The monoisotopic (exact) mass is 1220 g/mol. The van der Waals surface area contributed by atoms with Crippen LogP contribution < -0.4 is 0 Å². The summed E-state index contributed by atoms with van der Waals surface area (Å²) in [6.07, 6.45) is -32.2. The summed E-state index contributed by atoms with van der Waals surface area (Å²) in [5, 5.41) is 163. The Bertz CT molecular complexity index is 2390. The number of rotatable bonds is 13. The maximum absolute atomic E-state index is 12.6. The standard InChI is InChI=1S/C59H96O26/c1-23-33(63)37(67)42(72)49(77-23)83-45-35(65)27(62)21-76-51(45)81-32-19-54(3,4)18-26-25-10-11-30-56(6)14-13-31(57(7,22-61)29(56)12-15-59(30,9)58(25,8)17-16-55(26,32)5)80-53-47(41(71)40(70)44(82-53)48(74)75)85-52-46(39(69)36(66)28(20-60)79-52)84-50-43(73)38(68)34(64)24(2)78-50/h10,23-24,26-47,49-53,60-73H,11-22H2,1-9H3,(H,74,75)/t23-,24-,26-,27-,28+,29+,30+,31-,32+,33-,34-,35-,36-,37+,38+,39-,40-,41-,42+,43+,44-,45+,46+,47+,49-,50-,51-,52-,53+,55+,56-,57-,58+,59+/m0/s1. The highest BCUT2D eigenvalue weighted by Crippen LogP contribution is 2.76. The molecule has 10 rings (SSSR count). The molecule has 0 unspecified atom stereocenters. The van der Waals surface area contributed by atoms with Gasteiger partial charge in [0.1, 0.15) is 97.7 Å². The molecule has 0 spiro atoms. The van der Waals surface area contributed by atoms with Crippen LogP contribution in [0, 0.1) is 50.2 Å². The second-order valence-corrected chi connectivity index (χ2v) is 28.8. The van der Waals surface area contributed by atoms with Gasteiger partial charge in [-0.05, 0) is 111 Å². The molecule has 5 heterocycles. The van der Waals surface area contributed by atoms with Crippen LogP contribution in [0.4, 0.5) is 0 Å². The number of aliphatic hydroxyl groups excluding tert-OH is 14. The number of carbonyl (C=O) groups is 1. The Morgan fingerprint density at radius 1 is 0.541 bits per heavy atom. The minimum atomic E-state index is -2.12. The summed E-state index contributed by atoms with van der Waals surface area (Å²) in [5.41, 5.74) is -1.31. The van der Waals surface area contributed by atoms with E-state index in [1.165, 1.54) is 19.4 Å². The van der Waals surface area contributed by atoms with E-state index in [9.17, 15) is 81.4 Å². The van der Waals surface area contributed by atoms with Gasteiger partial charge in [-0.2, -0.15) is 0 Å². The number of allylic oxidation sites excluding steroid dienone is 2. The van der Waals surface area contributed by atoms with Crippen LogP contribution in [0.1, 0.15) is 120 Å². The van der Waals surface area contributed by atoms with Crippen LogP contribution in [-0.4, -0.2) is 262 Å². The fourth-order valence-corrected chi connectivity index (χ4v) is 17.8. The lowest BCUT2D eigenvalue weighted by molar-refractivity contribution is -0.396. The molecule has 9 fully saturated rings. The molecule has 0 aromatic heterocycles. The summed E-state index contributed by atoms with van der Waals surface area (Å²) >= 11 is 0. The number of aliphatic carboxylic acids is 1. The van der Waals surface area contributed by atoms with Crippen molar-refractivity contribution in [2.24, 2.45) is 50.2 Å². The van der Waals surface area contributed by atoms with Crippen LogP contribution in [0.5, 0.6) is 0 Å². The molecular formula is C59H96O26. The molecule has 4 saturated carbocycles. The largest absolute Gasteiger partial charge is 0.479 e. The zero-order valence-electron chi connectivity index (χ0n) is 50.0. The smallest absolute Gasteiger partial charge is 0.335 e. The molecular weight excluding hydrogens is 1120 g/mol. The van der Waals surface area contributed by atoms with Gasteiger partial charge in [0.15, 0.2) is 37.6 Å². The molecule has 34 atom stereocenters. The summed E-state index contributed by atoms with van der Waals surface area (Å²) in [6.45, 7) is 17.1. The Hall–Kier alpha value is -1.75. The minimum absolute atomic E-state index is 0.0466. The van der Waals surface area contributed by atoms with Crippen molar-refractivity contribution in [3.05, 3.63) is 11.6 Å². The van der Waals surface area contributed by atoms with Crippen molar-refractivity contribution in [1.82, 2.24) is 0 Å². The number of hydrogen-bond donors (Lipinski definition) is 15. The first-order chi connectivity index (χ1) is 39.7. The molecule has 5 aliphatic heterocycles. The molecule has 488 valence electrons. The van der Waals surface area contributed by atoms with E-state index in [0.29, 0.717) is 25.7 Å². The lowest BCUT2D eigenvalue weighted by atomic mass is 9.33. The number of carboxylic acid groups (broad SMARTS) is 1. The molecule has 26 nitrogen and oxygen atoms in total. The molecule has 0 aromatic rings. The van der Waals surface area contributed by atoms with Gasteiger partial charge in [0.2, 0.25) is 0 Å². The van der Waals surface area contributed by atoms with Crippen molar-refractivity contribution in [3.63, 3.8) is 0 Å². The molecule has 5 saturated heterocycles. The van der Waals surface area contributed by atoms with Gasteiger partial charge in [0.25, 0.3) is 0 Å². The summed E-state index contributed by atoms with van der Waals surface area (Å²) in [7, 11) is 0. The first kappa shape index (κ1) is 66.2. The molecule has 0 amide bonds. The third kappa shape index (κ3) is 11.0. The third-order valence-corrected chi connectivity index (χ3v) is 23.3. The van der Waals surface area contributed by atoms with Gasteiger partial charge in [-0.25, -0.2) is 4.79 Å². The number of aliphatic hydroxyl groups is 14. The van der Waals surface area contributed by atoms with Crippen molar-refractivity contribution in [2.45, 2.75) is 280 Å². The number of hydrogen-bond acceptors (Lipinski definition) is 25. The topological polar surface area (TPSA) is 413 Å². The number of ether oxygens (including phenoxy) is 10. The fraction of sp³-hybridized carbons (Fsp3) is 0.949. The van der Waals surface area contributed by atoms with Crippen molar-refractivity contribution >= 4 is 5.97 Å². The Morgan fingerprint density at radius 2 is 1.09 bits per heavy atom. The highest BCUT2D eigenvalue weighted by atomic mass is 16.8. The van der Waals surface area contributed by atoms with Crippen LogP contribution in [0.15, 0.2) is 11.6 Å². The third-order valence-electron chi connectivity index (χ3n) is 23.3. The van der Waals surface area contributed by atoms with Gasteiger partial charge < -0.3 is 124 Å². The zero-order chi connectivity index (χ0) is 62.2. The number of fused-ring (bicyclic) bond motifs is 7. The molecule has 0 aromatic carbocycles. The molecule has 5 aliphatic carbocycles. The number of carboxylic acids is 1. The highest BCUT2D eigenvalue weighted by molar-refractivity contribution is 5.73. The van der Waals surface area contributed by atoms with Crippen LogP contribution in [0.25, 0.3) is 0 Å². The van der Waals surface area contributed by atoms with Crippen LogP contribution >= 0.6 is 0 Å². The minimum Gasteiger partial charge on any atom is -0.479 e. The second kappa shape index (κ2) is 24.1. The summed E-state index contributed by atoms with van der Waals surface area (Å²) < 4.78 is 61.5. The quantitative estimate of drug-likeness (QED) is 0.0702. The van der Waals surface area contributed by atoms with E-state index in [1.54, 1.807) is 0 Å². The Labute approximate surface area is 494 Å². The van der Waals surface area contributed by atoms with Gasteiger partial charge in [-0.1, -0.05) is 60.1 Å². The van der Waals surface area contributed by atoms with Gasteiger partial charge in [-0.3, -0.25) is 0 Å². The van der Waals surface area contributed by atoms with Crippen molar-refractivity contribution in [3.8, 4) is 0 Å². The van der Waals surface area contributed by atoms with E-state index in [-0.39, 0.29) is 47.2 Å². The second-order valence-electron chi connectivity index (χ2n) is 28.8. The molecule has 15 N–H and O–H groups in total. The van der Waals surface area contributed by atoms with Gasteiger partial charge in [-0.15, -0.1) is 0 Å². The van der Waals surface area contributed by atoms with E-state index in [1.807, 2.05) is 6.92 Å². The Kier molecular flexibility index (Phi) is 18.7. The average Bonchev–Trinajstić information content (AvgIpc) is 0.702. The summed E-state index contributed by atoms with van der Waals surface area (Å²) in [4.78, 5) is 12.6. The van der Waals surface area contributed by atoms with Crippen LogP contribution in [0.2, 0.25) is 0 Å². The SMILES string of the molecule is C[C@@H]1O[C@@H](O[C@H]2[C@H](O[C@@H]3CC(C)(C)C[C@H]4C5=CC[C@@H]6[C@@]7(C)CC[C@H](O[C@@H]8O[C@H](C(=O)O)[C@@H](O)[C@H](O)[C@H]8O[C@@H]8O[C@H](CO)[C@H](O)[C@H](O)[C@H]8O[C@@H]8O[C@@H](C)[C@H](O)[C@@H](O)[C@H]8O)[C@@](C)(CO)[C@@H]7CC[C@@]6(C)[C@]5(C)CC[C@@]34C)OC[C@H](O)[C@@H]2O)[C@H](O)[C@H](O)[C@H]1O. The summed E-state index contributed by atoms with van der Waals surface area (Å²) in [6, 6.07) is 0. The van der Waals surface area contributed by atoms with E-state index < -0.39 is 188 Å². The van der Waals surface area contributed by atoms with Gasteiger partial charge >= 0.3 is 5.97 Å². The first-order valence-electron chi connectivity index (χ1n) is 30.5. The average molecular weight is 1220 g/mol. The fourth-order valence-electron chi connectivity index (χ4n) is 17.8. The zero-order valence-corrected chi connectivity index (χ0v) is 50.0. The van der Waals surface area contributed by atoms with Crippen LogP contribution in [-0.2, 0) is 52.2 Å². The Morgan fingerprint density at radius 3 is 1.67 bits per heavy atom. The van der Waals surface area contributed by atoms with Crippen LogP contribution in [0.3, 0.4) is 0 Å². The predicted molar refractivity (Wildman–Crippen MR) is 288 cm³/mol. The van der Waals surface area contributed by atoms with Gasteiger partial charge in [0.05, 0.1) is 44.2 Å². The molecule has 26 heteroatoms. The van der Waals surface area contributed by atoms with Crippen molar-refractivity contribution in [1.29, 1.82) is 0 Å². The molecule has 0 bridgehead atoms. The van der Waals surface area contributed by atoms with Crippen molar-refractivity contribution in [2.75, 3.05) is 19.8 Å². The van der Waals surface area contributed by atoms with Gasteiger partial charge in [0, 0.05) is 10.8 Å². The Balaban J connectivity index is 0.898. The lowest BCUT2D eigenvalue weighted by Crippen LogP contribution is -2.68. The maximum atomic E-state index is 12.6. The predicted octanol–water partition coefficient (Wildman–Crippen LogP) is -1.98. The van der Waals surface area contributed by atoms with E-state index in [4.69, 9.17) is 47.4 Å². The first-order valence-corrected chi connectivity index (χ1v) is 30.5.